The summed E-state index contributed by atoms with van der Waals surface area (Å²) in [4.78, 5) is 10.4. The fourth-order valence-corrected chi connectivity index (χ4v) is 0.772. The van der Waals surface area contributed by atoms with E-state index in [0.717, 1.165) is 0 Å². The van der Waals surface area contributed by atoms with Crippen LogP contribution in [0.4, 0.5) is 0 Å². The Morgan fingerprint density at radius 3 is 2.42 bits per heavy atom. The molecule has 72 valence electrons. The summed E-state index contributed by atoms with van der Waals surface area (Å²) in [7, 11) is 0. The normalized spacial score (nSPS) is 13.3. The number of hydrogen-bond donors (Lipinski definition) is 2. The molecule has 1 unspecified atom stereocenters. The number of carbonyl (C=O) groups is 1. The van der Waals surface area contributed by atoms with Gasteiger partial charge in [0, 0.05) is 19.1 Å². The quantitative estimate of drug-likeness (QED) is 0.588. The summed E-state index contributed by atoms with van der Waals surface area (Å²) in [5.41, 5.74) is 10.5. The molecule has 0 bridgehead atoms. The zero-order valence-electron chi connectivity index (χ0n) is 7.75. The Balaban J connectivity index is 3.31. The Morgan fingerprint density at radius 2 is 2.00 bits per heavy atom. The molecule has 0 aliphatic heterocycles. The molecule has 12 heavy (non-hydrogen) atoms. The minimum absolute atomic E-state index is 0.193. The molecule has 0 aromatic rings. The highest BCUT2D eigenvalue weighted by Crippen LogP contribution is 1.94. The molecule has 0 heterocycles. The number of primary amides is 1. The maximum absolute atomic E-state index is 10.4. The van der Waals surface area contributed by atoms with E-state index in [1.165, 1.54) is 0 Å². The number of ether oxygens (including phenoxy) is 1. The predicted octanol–water partition coefficient (Wildman–Crippen LogP) is -0.138. The van der Waals surface area contributed by atoms with Crippen molar-refractivity contribution in [2.75, 3.05) is 13.2 Å². The third-order valence-electron chi connectivity index (χ3n) is 1.25. The van der Waals surface area contributed by atoms with E-state index in [1.807, 2.05) is 0 Å². The molecule has 1 amide bonds. The average molecular weight is 174 g/mol. The summed E-state index contributed by atoms with van der Waals surface area (Å²) < 4.78 is 5.22. The molecule has 0 aromatic carbocycles. The Morgan fingerprint density at radius 1 is 1.42 bits per heavy atom. The van der Waals surface area contributed by atoms with Crippen molar-refractivity contribution in [2.45, 2.75) is 26.3 Å². The fraction of sp³-hybridized carbons (Fsp3) is 0.875. The van der Waals surface area contributed by atoms with E-state index in [9.17, 15) is 4.79 Å². The van der Waals surface area contributed by atoms with Crippen LogP contribution in [0.5, 0.6) is 0 Å². The van der Waals surface area contributed by atoms with E-state index in [0.29, 0.717) is 19.1 Å². The minimum atomic E-state index is -0.379. The van der Waals surface area contributed by atoms with Crippen molar-refractivity contribution < 1.29 is 9.53 Å². The van der Waals surface area contributed by atoms with Crippen molar-refractivity contribution >= 4 is 5.91 Å². The topological polar surface area (TPSA) is 78.3 Å². The van der Waals surface area contributed by atoms with Crippen LogP contribution >= 0.6 is 0 Å². The Bertz CT molecular complexity index is 137. The molecule has 0 saturated heterocycles. The Kier molecular flexibility index (Phi) is 5.66. The molecule has 0 radical (unpaired) electrons. The molecule has 4 nitrogen and oxygen atoms in total. The maximum Gasteiger partial charge on any atom is 0.219 e. The molecule has 0 fully saturated rings. The highest BCUT2D eigenvalue weighted by Gasteiger charge is 2.06. The summed E-state index contributed by atoms with van der Waals surface area (Å²) in [6, 6.07) is -0.263. The van der Waals surface area contributed by atoms with Gasteiger partial charge in [-0.05, 0) is 5.92 Å². The van der Waals surface area contributed by atoms with E-state index in [-0.39, 0.29) is 18.4 Å². The zero-order valence-corrected chi connectivity index (χ0v) is 7.75. The molecule has 1 atom stereocenters. The van der Waals surface area contributed by atoms with Crippen molar-refractivity contribution in [3.8, 4) is 0 Å². The van der Waals surface area contributed by atoms with Gasteiger partial charge in [0.25, 0.3) is 0 Å². The van der Waals surface area contributed by atoms with E-state index >= 15 is 0 Å². The minimum Gasteiger partial charge on any atom is -0.380 e. The fourth-order valence-electron chi connectivity index (χ4n) is 0.772. The van der Waals surface area contributed by atoms with Gasteiger partial charge in [-0.3, -0.25) is 4.79 Å². The van der Waals surface area contributed by atoms with Gasteiger partial charge in [0.15, 0.2) is 0 Å². The van der Waals surface area contributed by atoms with Crippen molar-refractivity contribution in [1.29, 1.82) is 0 Å². The van der Waals surface area contributed by atoms with E-state index < -0.39 is 0 Å². The molecule has 4 heteroatoms. The van der Waals surface area contributed by atoms with Gasteiger partial charge in [-0.15, -0.1) is 0 Å². The first-order valence-electron chi connectivity index (χ1n) is 4.14. The zero-order chi connectivity index (χ0) is 9.56. The first-order valence-corrected chi connectivity index (χ1v) is 4.14. The van der Waals surface area contributed by atoms with Crippen LogP contribution in [0, 0.1) is 5.92 Å². The molecule has 0 aromatic heterocycles. The number of nitrogens with two attached hydrogens (primary N) is 2. The SMILES string of the molecule is CC(C)COCC(N)CC(N)=O. The van der Waals surface area contributed by atoms with Crippen LogP contribution in [-0.4, -0.2) is 25.2 Å². The number of carbonyl (C=O) groups excluding carboxylic acids is 1. The summed E-state index contributed by atoms with van der Waals surface area (Å²) in [5, 5.41) is 0. The van der Waals surface area contributed by atoms with Gasteiger partial charge in [0.2, 0.25) is 5.91 Å². The van der Waals surface area contributed by atoms with E-state index in [1.54, 1.807) is 0 Å². The first-order chi connectivity index (χ1) is 5.52. The van der Waals surface area contributed by atoms with Gasteiger partial charge in [-0.2, -0.15) is 0 Å². The average Bonchev–Trinajstić information content (AvgIpc) is 1.84. The first kappa shape index (κ1) is 11.4. The van der Waals surface area contributed by atoms with Gasteiger partial charge in [0.05, 0.1) is 6.61 Å². The summed E-state index contributed by atoms with van der Waals surface area (Å²) in [6.07, 6.45) is 0.193. The molecular weight excluding hydrogens is 156 g/mol. The summed E-state index contributed by atoms with van der Waals surface area (Å²) in [6.45, 7) is 5.19. The van der Waals surface area contributed by atoms with Gasteiger partial charge < -0.3 is 16.2 Å². The largest absolute Gasteiger partial charge is 0.380 e. The Hall–Kier alpha value is -0.610. The van der Waals surface area contributed by atoms with E-state index in [4.69, 9.17) is 16.2 Å². The van der Waals surface area contributed by atoms with Gasteiger partial charge >= 0.3 is 0 Å². The maximum atomic E-state index is 10.4. The van der Waals surface area contributed by atoms with E-state index in [2.05, 4.69) is 13.8 Å². The van der Waals surface area contributed by atoms with Crippen LogP contribution < -0.4 is 11.5 Å². The van der Waals surface area contributed by atoms with Crippen molar-refractivity contribution in [3.05, 3.63) is 0 Å². The third-order valence-corrected chi connectivity index (χ3v) is 1.25. The molecular formula is C8H18N2O2. The highest BCUT2D eigenvalue weighted by molar-refractivity contribution is 5.74. The van der Waals surface area contributed by atoms with Gasteiger partial charge in [0.1, 0.15) is 0 Å². The smallest absolute Gasteiger partial charge is 0.219 e. The monoisotopic (exact) mass is 174 g/mol. The molecule has 0 spiro atoms. The van der Waals surface area contributed by atoms with Crippen LogP contribution in [0.25, 0.3) is 0 Å². The van der Waals surface area contributed by atoms with Crippen LogP contribution in [0.3, 0.4) is 0 Å². The highest BCUT2D eigenvalue weighted by atomic mass is 16.5. The lowest BCUT2D eigenvalue weighted by molar-refractivity contribution is -0.118. The lowest BCUT2D eigenvalue weighted by Gasteiger charge is -2.11. The second-order valence-electron chi connectivity index (χ2n) is 3.36. The lowest BCUT2D eigenvalue weighted by Crippen LogP contribution is -2.32. The number of rotatable bonds is 6. The van der Waals surface area contributed by atoms with Crippen LogP contribution in [0.2, 0.25) is 0 Å². The molecule has 0 aliphatic carbocycles. The molecule has 0 rings (SSSR count). The third kappa shape index (κ3) is 7.50. The standard InChI is InChI=1S/C8H18N2O2/c1-6(2)4-12-5-7(9)3-8(10)11/h6-7H,3-5,9H2,1-2H3,(H2,10,11). The molecule has 0 aliphatic rings. The van der Waals surface area contributed by atoms with Crippen molar-refractivity contribution in [2.24, 2.45) is 17.4 Å². The van der Waals surface area contributed by atoms with Crippen LogP contribution in [0.1, 0.15) is 20.3 Å². The van der Waals surface area contributed by atoms with Crippen LogP contribution in [0.15, 0.2) is 0 Å². The van der Waals surface area contributed by atoms with Crippen molar-refractivity contribution in [3.63, 3.8) is 0 Å². The summed E-state index contributed by atoms with van der Waals surface area (Å²) in [5.74, 6) is 0.112. The number of hydrogen-bond acceptors (Lipinski definition) is 3. The predicted molar refractivity (Wildman–Crippen MR) is 47.4 cm³/mol. The second-order valence-corrected chi connectivity index (χ2v) is 3.36. The molecule has 4 N–H and O–H groups in total. The summed E-state index contributed by atoms with van der Waals surface area (Å²) >= 11 is 0. The Labute approximate surface area is 73.2 Å². The number of amides is 1. The van der Waals surface area contributed by atoms with Gasteiger partial charge in [-0.1, -0.05) is 13.8 Å². The second kappa shape index (κ2) is 5.97. The van der Waals surface area contributed by atoms with Gasteiger partial charge in [-0.25, -0.2) is 0 Å². The van der Waals surface area contributed by atoms with Crippen molar-refractivity contribution in [1.82, 2.24) is 0 Å². The lowest BCUT2D eigenvalue weighted by atomic mass is 10.2. The molecule has 0 saturated carbocycles. The van der Waals surface area contributed by atoms with Crippen LogP contribution in [-0.2, 0) is 9.53 Å².